The SMILES string of the molecule is C[C@@H](Oc1nc(-c2ccc(C3CC3)nc2)cc2nn(C)cc12)C1CNC(=O)C1. The number of rotatable bonds is 5. The molecule has 7 heteroatoms. The van der Waals surface area contributed by atoms with Gasteiger partial charge in [0.1, 0.15) is 6.10 Å². The van der Waals surface area contributed by atoms with Gasteiger partial charge in [0.05, 0.1) is 16.6 Å². The molecule has 5 rings (SSSR count). The average molecular weight is 377 g/mol. The molecule has 144 valence electrons. The molecule has 4 heterocycles. The molecule has 2 atom stereocenters. The van der Waals surface area contributed by atoms with Crippen LogP contribution >= 0.6 is 0 Å². The van der Waals surface area contributed by atoms with Crippen molar-refractivity contribution in [3.63, 3.8) is 0 Å². The van der Waals surface area contributed by atoms with Gasteiger partial charge in [0.15, 0.2) is 0 Å². The number of fused-ring (bicyclic) bond motifs is 1. The molecule has 2 aliphatic rings. The van der Waals surface area contributed by atoms with Gasteiger partial charge in [-0.2, -0.15) is 5.10 Å². The molecular formula is C21H23N5O2. The van der Waals surface area contributed by atoms with Crippen molar-refractivity contribution in [2.75, 3.05) is 6.54 Å². The minimum atomic E-state index is -0.125. The highest BCUT2D eigenvalue weighted by Crippen LogP contribution is 2.39. The minimum absolute atomic E-state index is 0.0792. The second-order valence-corrected chi connectivity index (χ2v) is 7.89. The molecule has 1 aliphatic heterocycles. The summed E-state index contributed by atoms with van der Waals surface area (Å²) in [6.45, 7) is 2.63. The summed E-state index contributed by atoms with van der Waals surface area (Å²) in [6.07, 6.45) is 6.64. The summed E-state index contributed by atoms with van der Waals surface area (Å²) in [7, 11) is 1.89. The minimum Gasteiger partial charge on any atom is -0.474 e. The van der Waals surface area contributed by atoms with Crippen LogP contribution in [0.1, 0.15) is 37.8 Å². The second-order valence-electron chi connectivity index (χ2n) is 7.89. The number of nitrogens with one attached hydrogen (secondary N) is 1. The number of hydrogen-bond donors (Lipinski definition) is 1. The van der Waals surface area contributed by atoms with Crippen molar-refractivity contribution < 1.29 is 9.53 Å². The Morgan fingerprint density at radius 3 is 2.86 bits per heavy atom. The number of ether oxygens (including phenoxy) is 1. The average Bonchev–Trinajstić information content (AvgIpc) is 3.33. The molecule has 7 nitrogen and oxygen atoms in total. The highest BCUT2D eigenvalue weighted by molar-refractivity contribution is 5.86. The third-order valence-electron chi connectivity index (χ3n) is 5.63. The normalized spacial score (nSPS) is 20.4. The Morgan fingerprint density at radius 1 is 1.32 bits per heavy atom. The van der Waals surface area contributed by atoms with Crippen LogP contribution in [0.2, 0.25) is 0 Å². The molecule has 0 spiro atoms. The smallest absolute Gasteiger partial charge is 0.225 e. The Kier molecular flexibility index (Phi) is 4.03. The lowest BCUT2D eigenvalue weighted by Crippen LogP contribution is -2.26. The molecule has 1 amide bonds. The Labute approximate surface area is 163 Å². The van der Waals surface area contributed by atoms with E-state index in [1.165, 1.54) is 12.8 Å². The van der Waals surface area contributed by atoms with Gasteiger partial charge in [-0.05, 0) is 38.0 Å². The zero-order chi connectivity index (χ0) is 19.3. The maximum absolute atomic E-state index is 11.5. The quantitative estimate of drug-likeness (QED) is 0.739. The van der Waals surface area contributed by atoms with Crippen molar-refractivity contribution in [1.82, 2.24) is 25.1 Å². The summed E-state index contributed by atoms with van der Waals surface area (Å²) in [6, 6.07) is 6.14. The maximum Gasteiger partial charge on any atom is 0.225 e. The van der Waals surface area contributed by atoms with Gasteiger partial charge in [-0.3, -0.25) is 14.5 Å². The maximum atomic E-state index is 11.5. The van der Waals surface area contributed by atoms with Crippen molar-refractivity contribution in [3.05, 3.63) is 36.3 Å². The standard InChI is InChI=1S/C21H23N5O2/c1-12(15-7-20(27)23-10-15)28-21-16-11-26(2)25-19(16)8-18(24-21)14-5-6-17(22-9-14)13-3-4-13/h5-6,8-9,11-13,15H,3-4,7,10H2,1-2H3,(H,23,27)/t12-,15?/m1/s1. The largest absolute Gasteiger partial charge is 0.474 e. The van der Waals surface area contributed by atoms with E-state index in [4.69, 9.17) is 9.72 Å². The van der Waals surface area contributed by atoms with Gasteiger partial charge in [0, 0.05) is 55.5 Å². The van der Waals surface area contributed by atoms with E-state index in [-0.39, 0.29) is 17.9 Å². The first-order chi connectivity index (χ1) is 13.6. The Balaban J connectivity index is 1.49. The molecule has 0 radical (unpaired) electrons. The van der Waals surface area contributed by atoms with Crippen molar-refractivity contribution in [2.45, 2.75) is 38.2 Å². The first-order valence-electron chi connectivity index (χ1n) is 9.81. The van der Waals surface area contributed by atoms with Crippen LogP contribution in [0.3, 0.4) is 0 Å². The molecule has 1 saturated carbocycles. The summed E-state index contributed by atoms with van der Waals surface area (Å²) in [5, 5.41) is 8.29. The molecule has 28 heavy (non-hydrogen) atoms. The third-order valence-corrected chi connectivity index (χ3v) is 5.63. The van der Waals surface area contributed by atoms with Crippen LogP contribution in [0.4, 0.5) is 0 Å². The van der Waals surface area contributed by atoms with Crippen molar-refractivity contribution >= 4 is 16.8 Å². The lowest BCUT2D eigenvalue weighted by molar-refractivity contribution is -0.119. The predicted octanol–water partition coefficient (Wildman–Crippen LogP) is 2.81. The van der Waals surface area contributed by atoms with Crippen LogP contribution in [0.15, 0.2) is 30.6 Å². The van der Waals surface area contributed by atoms with Crippen molar-refractivity contribution in [2.24, 2.45) is 13.0 Å². The molecule has 0 aromatic carbocycles. The first-order valence-corrected chi connectivity index (χ1v) is 9.81. The Hall–Kier alpha value is -2.96. The van der Waals surface area contributed by atoms with Crippen LogP contribution < -0.4 is 10.1 Å². The fourth-order valence-corrected chi connectivity index (χ4v) is 3.76. The van der Waals surface area contributed by atoms with Gasteiger partial charge in [0.2, 0.25) is 11.8 Å². The third kappa shape index (κ3) is 3.21. The van der Waals surface area contributed by atoms with Gasteiger partial charge in [-0.25, -0.2) is 4.98 Å². The van der Waals surface area contributed by atoms with Crippen LogP contribution in [-0.2, 0) is 11.8 Å². The lowest BCUT2D eigenvalue weighted by Gasteiger charge is -2.19. The summed E-state index contributed by atoms with van der Waals surface area (Å²) >= 11 is 0. The number of carbonyl (C=O) groups is 1. The molecular weight excluding hydrogens is 354 g/mol. The lowest BCUT2D eigenvalue weighted by atomic mass is 10.0. The Bertz CT molecular complexity index is 1040. The monoisotopic (exact) mass is 377 g/mol. The zero-order valence-corrected chi connectivity index (χ0v) is 16.1. The van der Waals surface area contributed by atoms with Gasteiger partial charge in [-0.15, -0.1) is 0 Å². The number of pyridine rings is 2. The number of carbonyl (C=O) groups excluding carboxylic acids is 1. The van der Waals surface area contributed by atoms with Crippen LogP contribution in [0.25, 0.3) is 22.2 Å². The van der Waals surface area contributed by atoms with Gasteiger partial charge >= 0.3 is 0 Å². The highest BCUT2D eigenvalue weighted by atomic mass is 16.5. The zero-order valence-electron chi connectivity index (χ0n) is 16.1. The van der Waals surface area contributed by atoms with E-state index in [9.17, 15) is 4.79 Å². The molecule has 0 bridgehead atoms. The molecule has 2 fully saturated rings. The molecule has 3 aromatic heterocycles. The van der Waals surface area contributed by atoms with E-state index < -0.39 is 0 Å². The molecule has 1 aliphatic carbocycles. The van der Waals surface area contributed by atoms with E-state index >= 15 is 0 Å². The van der Waals surface area contributed by atoms with E-state index in [1.54, 1.807) is 4.68 Å². The number of nitrogens with zero attached hydrogens (tertiary/aromatic N) is 4. The van der Waals surface area contributed by atoms with E-state index in [0.717, 1.165) is 27.9 Å². The molecule has 1 saturated heterocycles. The van der Waals surface area contributed by atoms with Crippen molar-refractivity contribution in [1.29, 1.82) is 0 Å². The number of amides is 1. The van der Waals surface area contributed by atoms with E-state index in [1.807, 2.05) is 32.4 Å². The summed E-state index contributed by atoms with van der Waals surface area (Å²) < 4.78 is 8.00. The first kappa shape index (κ1) is 17.2. The molecule has 3 aromatic rings. The summed E-state index contributed by atoms with van der Waals surface area (Å²) in [5.41, 5.74) is 3.74. The van der Waals surface area contributed by atoms with Gasteiger partial charge < -0.3 is 10.1 Å². The molecule has 1 unspecified atom stereocenters. The van der Waals surface area contributed by atoms with Crippen LogP contribution in [-0.4, -0.2) is 38.3 Å². The predicted molar refractivity (Wildman–Crippen MR) is 105 cm³/mol. The number of hydrogen-bond acceptors (Lipinski definition) is 5. The highest BCUT2D eigenvalue weighted by Gasteiger charge is 2.29. The van der Waals surface area contributed by atoms with E-state index in [0.29, 0.717) is 24.8 Å². The number of aryl methyl sites for hydroxylation is 1. The van der Waals surface area contributed by atoms with Crippen LogP contribution in [0.5, 0.6) is 5.88 Å². The fourth-order valence-electron chi connectivity index (χ4n) is 3.76. The van der Waals surface area contributed by atoms with E-state index in [2.05, 4.69) is 27.5 Å². The summed E-state index contributed by atoms with van der Waals surface area (Å²) in [4.78, 5) is 20.9. The fraction of sp³-hybridized carbons (Fsp3) is 0.429. The Morgan fingerprint density at radius 2 is 2.18 bits per heavy atom. The van der Waals surface area contributed by atoms with Gasteiger partial charge in [-0.1, -0.05) is 0 Å². The topological polar surface area (TPSA) is 81.9 Å². The molecule has 1 N–H and O–H groups in total. The second kappa shape index (κ2) is 6.58. The van der Waals surface area contributed by atoms with Gasteiger partial charge in [0.25, 0.3) is 0 Å². The number of aromatic nitrogens is 4. The summed E-state index contributed by atoms with van der Waals surface area (Å²) in [5.74, 6) is 1.40. The van der Waals surface area contributed by atoms with Crippen molar-refractivity contribution in [3.8, 4) is 17.1 Å². The van der Waals surface area contributed by atoms with Crippen LogP contribution in [0, 0.1) is 5.92 Å².